The first-order valence-corrected chi connectivity index (χ1v) is 3.25. The molecule has 0 aliphatic heterocycles. The van der Waals surface area contributed by atoms with Crippen molar-refractivity contribution in [2.45, 2.75) is 6.92 Å². The lowest BCUT2D eigenvalue weighted by molar-refractivity contribution is 0.0691. The Morgan fingerprint density at radius 1 is 1.50 bits per heavy atom. The van der Waals surface area contributed by atoms with Crippen molar-refractivity contribution in [2.24, 2.45) is 0 Å². The van der Waals surface area contributed by atoms with Crippen molar-refractivity contribution in [3.8, 4) is 5.75 Å². The zero-order chi connectivity index (χ0) is 9.30. The van der Waals surface area contributed by atoms with Gasteiger partial charge in [-0.15, -0.1) is 0 Å². The van der Waals surface area contributed by atoms with Crippen LogP contribution in [0.2, 0.25) is 0 Å². The molecule has 0 aliphatic carbocycles. The maximum absolute atomic E-state index is 12.8. The van der Waals surface area contributed by atoms with Crippen LogP contribution in [-0.4, -0.2) is 16.2 Å². The van der Waals surface area contributed by atoms with E-state index in [1.807, 2.05) is 0 Å². The van der Waals surface area contributed by atoms with Crippen LogP contribution in [0, 0.1) is 12.7 Å². The zero-order valence-electron chi connectivity index (χ0n) is 6.34. The van der Waals surface area contributed by atoms with Gasteiger partial charge in [-0.05, 0) is 18.6 Å². The molecule has 0 saturated carbocycles. The maximum Gasteiger partial charge on any atom is 0.338 e. The Morgan fingerprint density at radius 3 is 2.50 bits per heavy atom. The molecule has 0 atom stereocenters. The number of phenols is 1. The first kappa shape index (κ1) is 8.52. The Morgan fingerprint density at radius 2 is 2.08 bits per heavy atom. The van der Waals surface area contributed by atoms with Crippen LogP contribution >= 0.6 is 0 Å². The van der Waals surface area contributed by atoms with E-state index in [-0.39, 0.29) is 11.3 Å². The quantitative estimate of drug-likeness (QED) is 0.672. The van der Waals surface area contributed by atoms with Crippen LogP contribution in [0.3, 0.4) is 0 Å². The minimum atomic E-state index is -1.33. The molecule has 0 radical (unpaired) electrons. The van der Waals surface area contributed by atoms with Gasteiger partial charge >= 0.3 is 5.97 Å². The number of carboxylic acids is 1. The molecule has 0 aromatic heterocycles. The lowest BCUT2D eigenvalue weighted by atomic mass is 10.1. The number of rotatable bonds is 1. The lowest BCUT2D eigenvalue weighted by Crippen LogP contribution is -2.03. The Bertz CT molecular complexity index is 310. The van der Waals surface area contributed by atoms with Crippen LogP contribution in [0.1, 0.15) is 15.9 Å². The van der Waals surface area contributed by atoms with Crippen molar-refractivity contribution in [1.82, 2.24) is 0 Å². The molecule has 3 nitrogen and oxygen atoms in total. The fourth-order valence-corrected chi connectivity index (χ4v) is 0.997. The van der Waals surface area contributed by atoms with Crippen molar-refractivity contribution < 1.29 is 19.4 Å². The summed E-state index contributed by atoms with van der Waals surface area (Å²) < 4.78 is 12.8. The highest BCUT2D eigenvalue weighted by Crippen LogP contribution is 2.19. The number of phenolic OH excluding ortho intramolecular Hbond substituents is 1. The summed E-state index contributed by atoms with van der Waals surface area (Å²) in [4.78, 5) is 10.4. The molecule has 4 heteroatoms. The molecule has 2 N–H and O–H groups in total. The fourth-order valence-electron chi connectivity index (χ4n) is 0.997. The third-order valence-electron chi connectivity index (χ3n) is 1.49. The Kier molecular flexibility index (Phi) is 1.99. The molecular weight excluding hydrogens is 163 g/mol. The highest BCUT2D eigenvalue weighted by Gasteiger charge is 2.14. The monoisotopic (exact) mass is 170 g/mol. The molecule has 0 unspecified atom stereocenters. The molecular formula is C8H7FO3. The number of aromatic hydroxyl groups is 1. The van der Waals surface area contributed by atoms with E-state index in [0.29, 0.717) is 0 Å². The molecule has 0 aliphatic rings. The summed E-state index contributed by atoms with van der Waals surface area (Å²) in [6, 6.07) is 1.98. The van der Waals surface area contributed by atoms with Crippen LogP contribution in [0.5, 0.6) is 5.75 Å². The first-order valence-electron chi connectivity index (χ1n) is 3.25. The molecule has 1 aromatic rings. The maximum atomic E-state index is 12.8. The minimum Gasteiger partial charge on any atom is -0.508 e. The standard InChI is InChI=1S/C8H7FO3/c1-4-2-5(10)3-6(9)7(4)8(11)12/h2-3,10H,1H3,(H,11,12). The third-order valence-corrected chi connectivity index (χ3v) is 1.49. The number of hydrogen-bond acceptors (Lipinski definition) is 2. The largest absolute Gasteiger partial charge is 0.508 e. The minimum absolute atomic E-state index is 0.208. The van der Waals surface area contributed by atoms with Crippen molar-refractivity contribution in [2.75, 3.05) is 0 Å². The highest BCUT2D eigenvalue weighted by atomic mass is 19.1. The summed E-state index contributed by atoms with van der Waals surface area (Å²) >= 11 is 0. The molecule has 64 valence electrons. The number of aromatic carboxylic acids is 1. The van der Waals surface area contributed by atoms with Gasteiger partial charge in [0.1, 0.15) is 11.6 Å². The Balaban J connectivity index is 3.38. The zero-order valence-corrected chi connectivity index (χ0v) is 6.34. The molecule has 12 heavy (non-hydrogen) atoms. The van der Waals surface area contributed by atoms with Gasteiger partial charge in [0.05, 0.1) is 5.56 Å². The second-order valence-corrected chi connectivity index (χ2v) is 2.42. The van der Waals surface area contributed by atoms with E-state index in [1.165, 1.54) is 13.0 Å². The number of benzene rings is 1. The summed E-state index contributed by atoms with van der Waals surface area (Å²) in [5.41, 5.74) is -0.187. The van der Waals surface area contributed by atoms with Crippen LogP contribution in [0.25, 0.3) is 0 Å². The lowest BCUT2D eigenvalue weighted by Gasteiger charge is -2.02. The van der Waals surface area contributed by atoms with E-state index in [2.05, 4.69) is 0 Å². The number of carboxylic acid groups (broad SMARTS) is 1. The second kappa shape index (κ2) is 2.81. The van der Waals surface area contributed by atoms with Gasteiger partial charge in [0.2, 0.25) is 0 Å². The average Bonchev–Trinajstić information content (AvgIpc) is 1.82. The van der Waals surface area contributed by atoms with E-state index in [1.54, 1.807) is 0 Å². The van der Waals surface area contributed by atoms with Gasteiger partial charge in [0.25, 0.3) is 0 Å². The SMILES string of the molecule is Cc1cc(O)cc(F)c1C(=O)O. The van der Waals surface area contributed by atoms with Crippen molar-refractivity contribution in [3.05, 3.63) is 29.1 Å². The normalized spacial score (nSPS) is 9.83. The third kappa shape index (κ3) is 1.37. The highest BCUT2D eigenvalue weighted by molar-refractivity contribution is 5.89. The van der Waals surface area contributed by atoms with Crippen LogP contribution in [0.4, 0.5) is 4.39 Å². The van der Waals surface area contributed by atoms with Crippen molar-refractivity contribution >= 4 is 5.97 Å². The van der Waals surface area contributed by atoms with Gasteiger partial charge in [-0.25, -0.2) is 9.18 Å². The van der Waals surface area contributed by atoms with Crippen molar-refractivity contribution in [1.29, 1.82) is 0 Å². The summed E-state index contributed by atoms with van der Waals surface area (Å²) in [5, 5.41) is 17.4. The molecule has 0 saturated heterocycles. The summed E-state index contributed by atoms with van der Waals surface area (Å²) in [6.45, 7) is 1.42. The number of hydrogen-bond donors (Lipinski definition) is 2. The Hall–Kier alpha value is -1.58. The van der Waals surface area contributed by atoms with Crippen LogP contribution < -0.4 is 0 Å². The number of carbonyl (C=O) groups is 1. The first-order chi connectivity index (χ1) is 5.52. The summed E-state index contributed by atoms with van der Waals surface area (Å²) in [5.74, 6) is -2.51. The molecule has 1 aromatic carbocycles. The van der Waals surface area contributed by atoms with Gasteiger partial charge in [-0.2, -0.15) is 0 Å². The van der Waals surface area contributed by atoms with E-state index in [4.69, 9.17) is 10.2 Å². The molecule has 1 rings (SSSR count). The van der Waals surface area contributed by atoms with E-state index in [0.717, 1.165) is 6.07 Å². The van der Waals surface area contributed by atoms with Gasteiger partial charge in [-0.1, -0.05) is 0 Å². The number of aryl methyl sites for hydroxylation is 1. The Labute approximate surface area is 68.1 Å². The molecule has 0 amide bonds. The molecule has 0 spiro atoms. The predicted octanol–water partition coefficient (Wildman–Crippen LogP) is 1.54. The van der Waals surface area contributed by atoms with Crippen LogP contribution in [-0.2, 0) is 0 Å². The smallest absolute Gasteiger partial charge is 0.338 e. The molecule has 0 fully saturated rings. The summed E-state index contributed by atoms with van der Waals surface area (Å²) in [7, 11) is 0. The van der Waals surface area contributed by atoms with E-state index in [9.17, 15) is 9.18 Å². The second-order valence-electron chi connectivity index (χ2n) is 2.42. The fraction of sp³-hybridized carbons (Fsp3) is 0.125. The molecule has 0 bridgehead atoms. The predicted molar refractivity (Wildman–Crippen MR) is 39.8 cm³/mol. The van der Waals surface area contributed by atoms with Crippen molar-refractivity contribution in [3.63, 3.8) is 0 Å². The summed E-state index contributed by atoms with van der Waals surface area (Å²) in [6.07, 6.45) is 0. The number of halogens is 1. The van der Waals surface area contributed by atoms with Gasteiger partial charge in [0.15, 0.2) is 0 Å². The van der Waals surface area contributed by atoms with Crippen LogP contribution in [0.15, 0.2) is 12.1 Å². The van der Waals surface area contributed by atoms with Gasteiger partial charge in [0, 0.05) is 6.07 Å². The van der Waals surface area contributed by atoms with Gasteiger partial charge < -0.3 is 10.2 Å². The van der Waals surface area contributed by atoms with Gasteiger partial charge in [-0.3, -0.25) is 0 Å². The average molecular weight is 170 g/mol. The van der Waals surface area contributed by atoms with E-state index >= 15 is 0 Å². The topological polar surface area (TPSA) is 57.5 Å². The molecule has 0 heterocycles. The van der Waals surface area contributed by atoms with E-state index < -0.39 is 17.3 Å².